The minimum absolute atomic E-state index is 0.117. The van der Waals surface area contributed by atoms with Crippen molar-refractivity contribution in [2.75, 3.05) is 6.54 Å². The van der Waals surface area contributed by atoms with E-state index in [2.05, 4.69) is 0 Å². The zero-order valence-electron chi connectivity index (χ0n) is 6.81. The number of hydrogen-bond acceptors (Lipinski definition) is 3. The molecule has 0 saturated carbocycles. The Balaban J connectivity index is 2.14. The van der Waals surface area contributed by atoms with E-state index in [-0.39, 0.29) is 6.04 Å². The maximum Gasteiger partial charge on any atom is 0.321 e. The second-order valence-electron chi connectivity index (χ2n) is 3.60. The molecular formula is C8H13NO3. The highest BCUT2D eigenvalue weighted by atomic mass is 16.4. The van der Waals surface area contributed by atoms with Crippen molar-refractivity contribution in [3.63, 3.8) is 0 Å². The molecule has 68 valence electrons. The first-order valence-corrected chi connectivity index (χ1v) is 4.37. The maximum absolute atomic E-state index is 10.7. The smallest absolute Gasteiger partial charge is 0.321 e. The highest BCUT2D eigenvalue weighted by molar-refractivity contribution is 5.74. The van der Waals surface area contributed by atoms with E-state index >= 15 is 0 Å². The van der Waals surface area contributed by atoms with Crippen LogP contribution >= 0.6 is 0 Å². The number of hydrogen-bond donors (Lipinski definition) is 2. The number of aliphatic carboxylic acids is 1. The molecule has 3 unspecified atom stereocenters. The molecule has 0 aliphatic carbocycles. The number of carboxylic acid groups (broad SMARTS) is 1. The molecule has 2 rings (SSSR count). The summed E-state index contributed by atoms with van der Waals surface area (Å²) in [5.74, 6) is -0.793. The molecule has 2 heterocycles. The average molecular weight is 171 g/mol. The van der Waals surface area contributed by atoms with E-state index in [9.17, 15) is 9.90 Å². The Morgan fingerprint density at radius 3 is 2.92 bits per heavy atom. The zero-order chi connectivity index (χ0) is 8.72. The van der Waals surface area contributed by atoms with Crippen LogP contribution in [0.5, 0.6) is 0 Å². The van der Waals surface area contributed by atoms with Gasteiger partial charge >= 0.3 is 5.97 Å². The largest absolute Gasteiger partial charge is 0.480 e. The molecule has 0 aromatic carbocycles. The minimum atomic E-state index is -0.793. The van der Waals surface area contributed by atoms with Gasteiger partial charge in [0.25, 0.3) is 0 Å². The molecule has 4 nitrogen and oxygen atoms in total. The number of aliphatic hydroxyl groups excluding tert-OH is 1. The maximum atomic E-state index is 10.7. The van der Waals surface area contributed by atoms with Gasteiger partial charge in [-0.1, -0.05) is 0 Å². The second-order valence-corrected chi connectivity index (χ2v) is 3.60. The van der Waals surface area contributed by atoms with Gasteiger partial charge in [0.2, 0.25) is 0 Å². The second kappa shape index (κ2) is 2.71. The topological polar surface area (TPSA) is 60.8 Å². The number of rotatable bonds is 1. The zero-order valence-corrected chi connectivity index (χ0v) is 6.81. The van der Waals surface area contributed by atoms with Gasteiger partial charge in [-0.3, -0.25) is 9.69 Å². The molecule has 12 heavy (non-hydrogen) atoms. The third-order valence-electron chi connectivity index (χ3n) is 2.94. The summed E-state index contributed by atoms with van der Waals surface area (Å²) >= 11 is 0. The third-order valence-corrected chi connectivity index (χ3v) is 2.94. The van der Waals surface area contributed by atoms with E-state index in [1.54, 1.807) is 0 Å². The Bertz CT molecular complexity index is 206. The van der Waals surface area contributed by atoms with Crippen LogP contribution in [0.4, 0.5) is 0 Å². The highest BCUT2D eigenvalue weighted by Crippen LogP contribution is 2.32. The molecular weight excluding hydrogens is 158 g/mol. The number of nitrogens with zero attached hydrogens (tertiary/aromatic N) is 1. The van der Waals surface area contributed by atoms with E-state index in [0.29, 0.717) is 6.42 Å². The molecule has 2 aliphatic rings. The van der Waals surface area contributed by atoms with Gasteiger partial charge in [-0.05, 0) is 19.4 Å². The van der Waals surface area contributed by atoms with Gasteiger partial charge in [-0.15, -0.1) is 0 Å². The van der Waals surface area contributed by atoms with Crippen molar-refractivity contribution in [1.29, 1.82) is 0 Å². The predicted octanol–water partition coefficient (Wildman–Crippen LogP) is -0.331. The molecule has 2 aliphatic heterocycles. The minimum Gasteiger partial charge on any atom is -0.480 e. The summed E-state index contributed by atoms with van der Waals surface area (Å²) in [5.41, 5.74) is 0. The lowest BCUT2D eigenvalue weighted by molar-refractivity contribution is -0.142. The number of fused-ring (bicyclic) bond motifs is 1. The van der Waals surface area contributed by atoms with Crippen molar-refractivity contribution in [3.8, 4) is 0 Å². The van der Waals surface area contributed by atoms with E-state index < -0.39 is 18.1 Å². The number of carbonyl (C=O) groups is 1. The molecule has 0 radical (unpaired) electrons. The summed E-state index contributed by atoms with van der Waals surface area (Å²) in [6.45, 7) is 0.832. The van der Waals surface area contributed by atoms with Gasteiger partial charge in [-0.2, -0.15) is 0 Å². The van der Waals surface area contributed by atoms with Gasteiger partial charge in [0.05, 0.1) is 6.10 Å². The number of aliphatic hydroxyl groups is 1. The van der Waals surface area contributed by atoms with Crippen LogP contribution < -0.4 is 0 Å². The molecule has 2 N–H and O–H groups in total. The molecule has 0 aromatic heterocycles. The summed E-state index contributed by atoms with van der Waals surface area (Å²) in [6, 6.07) is -0.321. The van der Waals surface area contributed by atoms with E-state index in [0.717, 1.165) is 19.4 Å². The molecule has 3 atom stereocenters. The predicted molar refractivity (Wildman–Crippen MR) is 41.8 cm³/mol. The summed E-state index contributed by atoms with van der Waals surface area (Å²) in [4.78, 5) is 12.7. The standard InChI is InChI=1S/C8H13NO3/c10-7-4-6(8(11)12)9-3-1-2-5(7)9/h5-7,10H,1-4H2,(H,11,12). The lowest BCUT2D eigenvalue weighted by Gasteiger charge is -2.19. The van der Waals surface area contributed by atoms with Gasteiger partial charge in [0.15, 0.2) is 0 Å². The summed E-state index contributed by atoms with van der Waals surface area (Å²) in [6.07, 6.45) is 1.95. The lowest BCUT2D eigenvalue weighted by atomic mass is 10.1. The normalized spacial score (nSPS) is 41.6. The number of carboxylic acids is 1. The SMILES string of the molecule is O=C(O)C1CC(O)C2CCCN12. The van der Waals surface area contributed by atoms with Crippen LogP contribution in [-0.2, 0) is 4.79 Å². The van der Waals surface area contributed by atoms with Gasteiger partial charge in [0, 0.05) is 12.5 Å². The first-order valence-electron chi connectivity index (χ1n) is 4.37. The molecule has 0 aromatic rings. The van der Waals surface area contributed by atoms with Crippen LogP contribution in [-0.4, -0.2) is 45.8 Å². The molecule has 2 saturated heterocycles. The Kier molecular flexibility index (Phi) is 1.81. The Labute approximate surface area is 70.8 Å². The van der Waals surface area contributed by atoms with Crippen LogP contribution in [0, 0.1) is 0 Å². The van der Waals surface area contributed by atoms with Crippen LogP contribution in [0.2, 0.25) is 0 Å². The summed E-state index contributed by atoms with van der Waals surface area (Å²) in [5, 5.41) is 18.3. The molecule has 0 amide bonds. The fourth-order valence-electron chi connectivity index (χ4n) is 2.38. The quantitative estimate of drug-likeness (QED) is 0.567. The average Bonchev–Trinajstić information content (AvgIpc) is 2.53. The van der Waals surface area contributed by atoms with E-state index in [1.807, 2.05) is 4.90 Å². The van der Waals surface area contributed by atoms with Crippen LogP contribution in [0.3, 0.4) is 0 Å². The Morgan fingerprint density at radius 2 is 2.25 bits per heavy atom. The first-order chi connectivity index (χ1) is 5.70. The fourth-order valence-corrected chi connectivity index (χ4v) is 2.38. The summed E-state index contributed by atoms with van der Waals surface area (Å²) < 4.78 is 0. The van der Waals surface area contributed by atoms with Crippen molar-refractivity contribution >= 4 is 5.97 Å². The van der Waals surface area contributed by atoms with Crippen molar-refractivity contribution in [3.05, 3.63) is 0 Å². The molecule has 0 bridgehead atoms. The monoisotopic (exact) mass is 171 g/mol. The molecule has 2 fully saturated rings. The van der Waals surface area contributed by atoms with Crippen LogP contribution in [0.25, 0.3) is 0 Å². The van der Waals surface area contributed by atoms with E-state index in [1.165, 1.54) is 0 Å². The fraction of sp³-hybridized carbons (Fsp3) is 0.875. The van der Waals surface area contributed by atoms with Crippen molar-refractivity contribution < 1.29 is 15.0 Å². The third kappa shape index (κ3) is 1.03. The van der Waals surface area contributed by atoms with Crippen molar-refractivity contribution in [2.24, 2.45) is 0 Å². The van der Waals surface area contributed by atoms with Crippen LogP contribution in [0.15, 0.2) is 0 Å². The Morgan fingerprint density at radius 1 is 1.50 bits per heavy atom. The van der Waals surface area contributed by atoms with Gasteiger partial charge < -0.3 is 10.2 Å². The lowest BCUT2D eigenvalue weighted by Crippen LogP contribution is -2.37. The van der Waals surface area contributed by atoms with Crippen LogP contribution in [0.1, 0.15) is 19.3 Å². The van der Waals surface area contributed by atoms with Crippen molar-refractivity contribution in [1.82, 2.24) is 4.90 Å². The van der Waals surface area contributed by atoms with Gasteiger partial charge in [-0.25, -0.2) is 0 Å². The van der Waals surface area contributed by atoms with Gasteiger partial charge in [0.1, 0.15) is 6.04 Å². The van der Waals surface area contributed by atoms with E-state index in [4.69, 9.17) is 5.11 Å². The van der Waals surface area contributed by atoms with Crippen molar-refractivity contribution in [2.45, 2.75) is 37.5 Å². The molecule has 0 spiro atoms. The Hall–Kier alpha value is -0.610. The first kappa shape index (κ1) is 8.01. The summed E-state index contributed by atoms with van der Waals surface area (Å²) in [7, 11) is 0. The highest BCUT2D eigenvalue weighted by Gasteiger charge is 2.45. The molecule has 4 heteroatoms.